The summed E-state index contributed by atoms with van der Waals surface area (Å²) in [5.74, 6) is 1.21. The highest BCUT2D eigenvalue weighted by atomic mass is 16.5. The number of carbonyl (C=O) groups is 1. The predicted octanol–water partition coefficient (Wildman–Crippen LogP) is 2.54. The van der Waals surface area contributed by atoms with E-state index in [4.69, 9.17) is 9.47 Å². The Morgan fingerprint density at radius 2 is 2.05 bits per heavy atom. The van der Waals surface area contributed by atoms with E-state index in [0.29, 0.717) is 5.75 Å². The second-order valence-electron chi connectivity index (χ2n) is 5.78. The molecule has 5 heteroatoms. The van der Waals surface area contributed by atoms with Crippen molar-refractivity contribution in [3.8, 4) is 11.5 Å². The van der Waals surface area contributed by atoms with Gasteiger partial charge in [0.15, 0.2) is 6.61 Å². The highest BCUT2D eigenvalue weighted by Crippen LogP contribution is 2.26. The van der Waals surface area contributed by atoms with Crippen molar-refractivity contribution in [2.45, 2.75) is 26.3 Å². The molecule has 0 bridgehead atoms. The first-order valence-corrected chi connectivity index (χ1v) is 6.75. The molecule has 1 amide bonds. The maximum atomic E-state index is 11.8. The smallest absolute Gasteiger partial charge is 0.258 e. The van der Waals surface area contributed by atoms with Crippen molar-refractivity contribution in [3.05, 3.63) is 30.5 Å². The van der Waals surface area contributed by atoms with Gasteiger partial charge in [0.25, 0.3) is 5.91 Å². The van der Waals surface area contributed by atoms with Crippen LogP contribution in [0, 0.1) is 0 Å². The van der Waals surface area contributed by atoms with E-state index in [-0.39, 0.29) is 18.1 Å². The summed E-state index contributed by atoms with van der Waals surface area (Å²) in [7, 11) is 1.61. The molecule has 1 aromatic heterocycles. The lowest BCUT2D eigenvalue weighted by Crippen LogP contribution is -2.43. The number of rotatable bonds is 4. The van der Waals surface area contributed by atoms with Gasteiger partial charge < -0.3 is 14.8 Å². The van der Waals surface area contributed by atoms with Crippen molar-refractivity contribution in [2.24, 2.45) is 0 Å². The van der Waals surface area contributed by atoms with Crippen LogP contribution in [0.1, 0.15) is 20.8 Å². The molecule has 0 radical (unpaired) electrons. The van der Waals surface area contributed by atoms with Crippen LogP contribution < -0.4 is 14.8 Å². The molecule has 21 heavy (non-hydrogen) atoms. The Morgan fingerprint density at radius 3 is 2.71 bits per heavy atom. The van der Waals surface area contributed by atoms with Crippen LogP contribution in [0.3, 0.4) is 0 Å². The van der Waals surface area contributed by atoms with Gasteiger partial charge in [-0.05, 0) is 39.0 Å². The zero-order valence-electron chi connectivity index (χ0n) is 12.8. The number of fused-ring (bicyclic) bond motifs is 1. The minimum Gasteiger partial charge on any atom is -0.497 e. The Kier molecular flexibility index (Phi) is 4.31. The van der Waals surface area contributed by atoms with E-state index in [1.807, 2.05) is 39.0 Å². The summed E-state index contributed by atoms with van der Waals surface area (Å²) < 4.78 is 10.8. The average molecular weight is 288 g/mol. The van der Waals surface area contributed by atoms with Crippen molar-refractivity contribution >= 4 is 16.8 Å². The number of nitrogens with zero attached hydrogens (tertiary/aromatic N) is 1. The summed E-state index contributed by atoms with van der Waals surface area (Å²) in [6.45, 7) is 5.76. The maximum absolute atomic E-state index is 11.8. The van der Waals surface area contributed by atoms with Gasteiger partial charge in [-0.1, -0.05) is 0 Å². The van der Waals surface area contributed by atoms with Gasteiger partial charge in [0, 0.05) is 23.2 Å². The number of benzene rings is 1. The molecule has 0 aliphatic heterocycles. The lowest BCUT2D eigenvalue weighted by molar-refractivity contribution is -0.124. The van der Waals surface area contributed by atoms with E-state index in [9.17, 15) is 4.79 Å². The third kappa shape index (κ3) is 4.08. The Bertz CT molecular complexity index is 648. The third-order valence-corrected chi connectivity index (χ3v) is 2.78. The van der Waals surface area contributed by atoms with Crippen LogP contribution in [0.2, 0.25) is 0 Å². The first-order valence-electron chi connectivity index (χ1n) is 6.75. The Morgan fingerprint density at radius 1 is 1.29 bits per heavy atom. The fraction of sp³-hybridized carbons (Fsp3) is 0.375. The van der Waals surface area contributed by atoms with Gasteiger partial charge in [-0.25, -0.2) is 0 Å². The minimum atomic E-state index is -0.270. The molecule has 0 aliphatic rings. The Balaban J connectivity index is 2.14. The van der Waals surface area contributed by atoms with Crippen LogP contribution in [0.25, 0.3) is 10.9 Å². The lowest BCUT2D eigenvalue weighted by Gasteiger charge is -2.20. The average Bonchev–Trinajstić information content (AvgIpc) is 2.42. The van der Waals surface area contributed by atoms with E-state index < -0.39 is 0 Å². The lowest BCUT2D eigenvalue weighted by atomic mass is 10.1. The molecule has 5 nitrogen and oxygen atoms in total. The molecule has 0 fully saturated rings. The third-order valence-electron chi connectivity index (χ3n) is 2.78. The molecule has 112 valence electrons. The topological polar surface area (TPSA) is 60.5 Å². The van der Waals surface area contributed by atoms with Crippen LogP contribution in [-0.4, -0.2) is 30.1 Å². The largest absolute Gasteiger partial charge is 0.497 e. The molecular weight excluding hydrogens is 268 g/mol. The molecule has 2 aromatic rings. The molecule has 0 atom stereocenters. The van der Waals surface area contributed by atoms with Crippen molar-refractivity contribution in [2.75, 3.05) is 13.7 Å². The number of amides is 1. The van der Waals surface area contributed by atoms with Crippen molar-refractivity contribution in [3.63, 3.8) is 0 Å². The molecule has 0 spiro atoms. The second kappa shape index (κ2) is 5.99. The van der Waals surface area contributed by atoms with Gasteiger partial charge in [0.05, 0.1) is 12.6 Å². The molecular formula is C16H20N2O3. The van der Waals surface area contributed by atoms with Crippen LogP contribution >= 0.6 is 0 Å². The van der Waals surface area contributed by atoms with E-state index in [0.717, 1.165) is 16.7 Å². The van der Waals surface area contributed by atoms with Gasteiger partial charge in [-0.15, -0.1) is 0 Å². The predicted molar refractivity (Wildman–Crippen MR) is 81.7 cm³/mol. The van der Waals surface area contributed by atoms with Gasteiger partial charge >= 0.3 is 0 Å². The standard InChI is InChI=1S/C16H20N2O3/c1-16(2,3)18-15(19)10-21-14-7-8-17-13-9-11(20-4)5-6-12(13)14/h5-9H,10H2,1-4H3,(H,18,19). The van der Waals surface area contributed by atoms with E-state index >= 15 is 0 Å². The number of aromatic nitrogens is 1. The molecule has 1 heterocycles. The number of methoxy groups -OCH3 is 1. The normalized spacial score (nSPS) is 11.2. The molecule has 0 saturated heterocycles. The van der Waals surface area contributed by atoms with Crippen LogP contribution in [0.5, 0.6) is 11.5 Å². The molecule has 1 N–H and O–H groups in total. The summed E-state index contributed by atoms with van der Waals surface area (Å²) in [4.78, 5) is 16.1. The SMILES string of the molecule is COc1ccc2c(OCC(=O)NC(C)(C)C)ccnc2c1. The Hall–Kier alpha value is -2.30. The zero-order chi connectivity index (χ0) is 15.5. The van der Waals surface area contributed by atoms with Gasteiger partial charge in [0.1, 0.15) is 11.5 Å². The van der Waals surface area contributed by atoms with Crippen LogP contribution in [0.4, 0.5) is 0 Å². The minimum absolute atomic E-state index is 0.0254. The fourth-order valence-electron chi connectivity index (χ4n) is 1.95. The molecule has 0 saturated carbocycles. The monoisotopic (exact) mass is 288 g/mol. The van der Waals surface area contributed by atoms with Crippen molar-refractivity contribution < 1.29 is 14.3 Å². The van der Waals surface area contributed by atoms with Crippen LogP contribution in [0.15, 0.2) is 30.5 Å². The zero-order valence-corrected chi connectivity index (χ0v) is 12.8. The van der Waals surface area contributed by atoms with E-state index in [1.54, 1.807) is 19.4 Å². The molecule has 2 rings (SSSR count). The van der Waals surface area contributed by atoms with Gasteiger partial charge in [-0.3, -0.25) is 9.78 Å². The van der Waals surface area contributed by atoms with Crippen molar-refractivity contribution in [1.82, 2.24) is 10.3 Å². The summed E-state index contributed by atoms with van der Waals surface area (Å²) >= 11 is 0. The Labute approximate surface area is 124 Å². The maximum Gasteiger partial charge on any atom is 0.258 e. The summed E-state index contributed by atoms with van der Waals surface area (Å²) in [6, 6.07) is 7.29. The van der Waals surface area contributed by atoms with Gasteiger partial charge in [0.2, 0.25) is 0 Å². The van der Waals surface area contributed by atoms with Gasteiger partial charge in [-0.2, -0.15) is 0 Å². The number of carbonyl (C=O) groups excluding carboxylic acids is 1. The number of ether oxygens (including phenoxy) is 2. The number of hydrogen-bond acceptors (Lipinski definition) is 4. The molecule has 1 aromatic carbocycles. The summed E-state index contributed by atoms with van der Waals surface area (Å²) in [6.07, 6.45) is 1.65. The summed E-state index contributed by atoms with van der Waals surface area (Å²) in [5.41, 5.74) is 0.497. The highest BCUT2D eigenvalue weighted by molar-refractivity contribution is 5.86. The number of nitrogens with one attached hydrogen (secondary N) is 1. The van der Waals surface area contributed by atoms with E-state index in [1.165, 1.54) is 0 Å². The molecule has 0 aliphatic carbocycles. The molecule has 0 unspecified atom stereocenters. The number of hydrogen-bond donors (Lipinski definition) is 1. The first kappa shape index (κ1) is 15.1. The second-order valence-corrected chi connectivity index (χ2v) is 5.78. The first-order chi connectivity index (χ1) is 9.89. The van der Waals surface area contributed by atoms with Crippen molar-refractivity contribution in [1.29, 1.82) is 0 Å². The highest BCUT2D eigenvalue weighted by Gasteiger charge is 2.14. The number of pyridine rings is 1. The fourth-order valence-corrected chi connectivity index (χ4v) is 1.95. The quantitative estimate of drug-likeness (QED) is 0.939. The van der Waals surface area contributed by atoms with Crippen LogP contribution in [-0.2, 0) is 4.79 Å². The van der Waals surface area contributed by atoms with E-state index in [2.05, 4.69) is 10.3 Å². The summed E-state index contributed by atoms with van der Waals surface area (Å²) in [5, 5.41) is 3.71.